The maximum atomic E-state index is 11.7. The van der Waals surface area contributed by atoms with Crippen molar-refractivity contribution in [3.8, 4) is 0 Å². The highest BCUT2D eigenvalue weighted by atomic mass is 16.6. The Morgan fingerprint density at radius 3 is 2.59 bits per heavy atom. The monoisotopic (exact) mass is 306 g/mol. The van der Waals surface area contributed by atoms with E-state index in [2.05, 4.69) is 20.2 Å². The second-order valence-corrected chi connectivity index (χ2v) is 6.93. The SMILES string of the molecule is Cc1cc(C)nc(N2CC[C@@H](CNC(=O)OC(C)(C)C)C2)n1. The molecule has 1 aromatic rings. The molecule has 1 aromatic heterocycles. The van der Waals surface area contributed by atoms with Crippen LogP contribution in [0, 0.1) is 19.8 Å². The van der Waals surface area contributed by atoms with Gasteiger partial charge in [-0.1, -0.05) is 0 Å². The van der Waals surface area contributed by atoms with E-state index in [0.717, 1.165) is 36.8 Å². The second-order valence-electron chi connectivity index (χ2n) is 6.93. The molecular weight excluding hydrogens is 280 g/mol. The first-order valence-corrected chi connectivity index (χ1v) is 7.77. The van der Waals surface area contributed by atoms with Crippen LogP contribution in [-0.4, -0.2) is 41.3 Å². The summed E-state index contributed by atoms with van der Waals surface area (Å²) in [6.07, 6.45) is 0.667. The largest absolute Gasteiger partial charge is 0.444 e. The molecule has 0 spiro atoms. The molecule has 1 N–H and O–H groups in total. The van der Waals surface area contributed by atoms with Crippen molar-refractivity contribution in [1.29, 1.82) is 0 Å². The summed E-state index contributed by atoms with van der Waals surface area (Å²) in [5, 5.41) is 2.85. The van der Waals surface area contributed by atoms with Gasteiger partial charge in [0.25, 0.3) is 0 Å². The highest BCUT2D eigenvalue weighted by Gasteiger charge is 2.25. The molecule has 0 saturated carbocycles. The van der Waals surface area contributed by atoms with Gasteiger partial charge in [0, 0.05) is 31.0 Å². The molecule has 6 heteroatoms. The zero-order valence-electron chi connectivity index (χ0n) is 14.1. The fraction of sp³-hybridized carbons (Fsp3) is 0.688. The molecule has 1 aliphatic heterocycles. The number of rotatable bonds is 3. The van der Waals surface area contributed by atoms with Gasteiger partial charge in [0.05, 0.1) is 0 Å². The van der Waals surface area contributed by atoms with Crippen molar-refractivity contribution >= 4 is 12.0 Å². The molecule has 122 valence electrons. The third-order valence-electron chi connectivity index (χ3n) is 3.47. The van der Waals surface area contributed by atoms with Gasteiger partial charge in [-0.15, -0.1) is 0 Å². The van der Waals surface area contributed by atoms with E-state index in [-0.39, 0.29) is 6.09 Å². The van der Waals surface area contributed by atoms with Gasteiger partial charge < -0.3 is 15.0 Å². The van der Waals surface area contributed by atoms with E-state index in [1.807, 2.05) is 40.7 Å². The molecule has 1 amide bonds. The first-order chi connectivity index (χ1) is 10.2. The summed E-state index contributed by atoms with van der Waals surface area (Å²) in [5.74, 6) is 1.19. The van der Waals surface area contributed by atoms with Crippen LogP contribution in [0.5, 0.6) is 0 Å². The summed E-state index contributed by atoms with van der Waals surface area (Å²) in [6, 6.07) is 1.97. The number of hydrogen-bond donors (Lipinski definition) is 1. The highest BCUT2D eigenvalue weighted by molar-refractivity contribution is 5.67. The fourth-order valence-electron chi connectivity index (χ4n) is 2.57. The van der Waals surface area contributed by atoms with Crippen molar-refractivity contribution < 1.29 is 9.53 Å². The van der Waals surface area contributed by atoms with Crippen LogP contribution in [0.1, 0.15) is 38.6 Å². The van der Waals surface area contributed by atoms with Gasteiger partial charge in [0.2, 0.25) is 5.95 Å². The van der Waals surface area contributed by atoms with Gasteiger partial charge in [-0.2, -0.15) is 0 Å². The van der Waals surface area contributed by atoms with Gasteiger partial charge in [0.1, 0.15) is 5.60 Å². The zero-order chi connectivity index (χ0) is 16.3. The van der Waals surface area contributed by atoms with Gasteiger partial charge in [-0.3, -0.25) is 0 Å². The van der Waals surface area contributed by atoms with Crippen molar-refractivity contribution in [2.75, 3.05) is 24.5 Å². The highest BCUT2D eigenvalue weighted by Crippen LogP contribution is 2.21. The van der Waals surface area contributed by atoms with Crippen LogP contribution in [-0.2, 0) is 4.74 Å². The Bertz CT molecular complexity index is 519. The molecule has 22 heavy (non-hydrogen) atoms. The number of ether oxygens (including phenoxy) is 1. The minimum absolute atomic E-state index is 0.353. The van der Waals surface area contributed by atoms with Crippen molar-refractivity contribution in [3.63, 3.8) is 0 Å². The molecule has 2 heterocycles. The zero-order valence-corrected chi connectivity index (χ0v) is 14.1. The van der Waals surface area contributed by atoms with Gasteiger partial charge in [0.15, 0.2) is 0 Å². The Hall–Kier alpha value is -1.85. The molecule has 2 rings (SSSR count). The Kier molecular flexibility index (Phi) is 4.88. The average Bonchev–Trinajstić information content (AvgIpc) is 2.82. The van der Waals surface area contributed by atoms with Crippen LogP contribution in [0.25, 0.3) is 0 Å². The van der Waals surface area contributed by atoms with E-state index in [4.69, 9.17) is 4.74 Å². The van der Waals surface area contributed by atoms with Crippen LogP contribution >= 0.6 is 0 Å². The minimum atomic E-state index is -0.460. The first kappa shape index (κ1) is 16.5. The Morgan fingerprint density at radius 2 is 2.00 bits per heavy atom. The molecule has 0 aromatic carbocycles. The summed E-state index contributed by atoms with van der Waals surface area (Å²) in [4.78, 5) is 22.9. The first-order valence-electron chi connectivity index (χ1n) is 7.77. The second kappa shape index (κ2) is 6.50. The number of nitrogens with zero attached hydrogens (tertiary/aromatic N) is 3. The molecule has 0 bridgehead atoms. The normalized spacial score (nSPS) is 18.4. The molecule has 1 atom stereocenters. The molecule has 1 aliphatic rings. The molecule has 0 radical (unpaired) electrons. The van der Waals surface area contributed by atoms with E-state index in [0.29, 0.717) is 12.5 Å². The molecular formula is C16H26N4O2. The number of aromatic nitrogens is 2. The van der Waals surface area contributed by atoms with Gasteiger partial charge in [-0.25, -0.2) is 14.8 Å². The number of carbonyl (C=O) groups is 1. The van der Waals surface area contributed by atoms with Crippen LogP contribution in [0.3, 0.4) is 0 Å². The molecule has 1 fully saturated rings. The summed E-state index contributed by atoms with van der Waals surface area (Å²) in [5.41, 5.74) is 1.51. The number of carbonyl (C=O) groups excluding carboxylic acids is 1. The number of aryl methyl sites for hydroxylation is 2. The lowest BCUT2D eigenvalue weighted by Gasteiger charge is -2.21. The van der Waals surface area contributed by atoms with E-state index in [9.17, 15) is 4.79 Å². The van der Waals surface area contributed by atoms with Crippen molar-refractivity contribution in [3.05, 3.63) is 17.5 Å². The lowest BCUT2D eigenvalue weighted by atomic mass is 10.1. The predicted molar refractivity (Wildman–Crippen MR) is 86.1 cm³/mol. The summed E-state index contributed by atoms with van der Waals surface area (Å²) in [7, 11) is 0. The molecule has 1 saturated heterocycles. The number of alkyl carbamates (subject to hydrolysis) is 1. The maximum Gasteiger partial charge on any atom is 0.407 e. The Labute approximate surface area is 132 Å². The van der Waals surface area contributed by atoms with Crippen LogP contribution in [0.4, 0.5) is 10.7 Å². The summed E-state index contributed by atoms with van der Waals surface area (Å²) >= 11 is 0. The van der Waals surface area contributed by atoms with Crippen molar-refractivity contribution in [2.45, 2.75) is 46.6 Å². The average molecular weight is 306 g/mol. The third kappa shape index (κ3) is 4.86. The quantitative estimate of drug-likeness (QED) is 0.929. The molecule has 6 nitrogen and oxygen atoms in total. The van der Waals surface area contributed by atoms with E-state index >= 15 is 0 Å². The van der Waals surface area contributed by atoms with E-state index in [1.54, 1.807) is 0 Å². The third-order valence-corrected chi connectivity index (χ3v) is 3.47. The smallest absolute Gasteiger partial charge is 0.407 e. The van der Waals surface area contributed by atoms with Crippen LogP contribution in [0.15, 0.2) is 6.07 Å². The minimum Gasteiger partial charge on any atom is -0.444 e. The Morgan fingerprint density at radius 1 is 1.36 bits per heavy atom. The standard InChI is InChI=1S/C16H26N4O2/c1-11-8-12(2)19-14(18-11)20-7-6-13(10-20)9-17-15(21)22-16(3,4)5/h8,13H,6-7,9-10H2,1-5H3,(H,17,21)/t13-/m0/s1. The van der Waals surface area contributed by atoms with Gasteiger partial charge in [-0.05, 0) is 53.0 Å². The summed E-state index contributed by atoms with van der Waals surface area (Å²) < 4.78 is 5.25. The number of anilines is 1. The predicted octanol–water partition coefficient (Wildman–Crippen LogP) is 2.44. The molecule has 0 unspecified atom stereocenters. The molecule has 0 aliphatic carbocycles. The lowest BCUT2D eigenvalue weighted by molar-refractivity contribution is 0.0520. The van der Waals surface area contributed by atoms with Crippen LogP contribution in [0.2, 0.25) is 0 Å². The number of nitrogens with one attached hydrogen (secondary N) is 1. The van der Waals surface area contributed by atoms with Crippen molar-refractivity contribution in [1.82, 2.24) is 15.3 Å². The lowest BCUT2D eigenvalue weighted by Crippen LogP contribution is -2.36. The number of amides is 1. The van der Waals surface area contributed by atoms with Crippen LogP contribution < -0.4 is 10.2 Å². The topological polar surface area (TPSA) is 67.4 Å². The van der Waals surface area contributed by atoms with Crippen molar-refractivity contribution in [2.24, 2.45) is 5.92 Å². The maximum absolute atomic E-state index is 11.7. The number of hydrogen-bond acceptors (Lipinski definition) is 5. The van der Waals surface area contributed by atoms with E-state index < -0.39 is 5.60 Å². The summed E-state index contributed by atoms with van der Waals surface area (Å²) in [6.45, 7) is 12.0. The fourth-order valence-corrected chi connectivity index (χ4v) is 2.57. The Balaban J connectivity index is 1.84. The van der Waals surface area contributed by atoms with E-state index in [1.165, 1.54) is 0 Å². The van der Waals surface area contributed by atoms with Gasteiger partial charge >= 0.3 is 6.09 Å².